The van der Waals surface area contributed by atoms with Crippen LogP contribution >= 0.6 is 0 Å². The van der Waals surface area contributed by atoms with Crippen molar-refractivity contribution >= 4 is 29.5 Å². The largest absolute Gasteiger partial charge is 0.465 e. The van der Waals surface area contributed by atoms with Crippen LogP contribution in [0.3, 0.4) is 0 Å². The Morgan fingerprint density at radius 1 is 0.974 bits per heavy atom. The molecule has 0 aliphatic carbocycles. The predicted molar refractivity (Wildman–Crippen MR) is 142 cm³/mol. The standard InChI is InChI=1S/C30H24N2O6/c1-2-37-29(33)26-19-31-28(23-13-7-4-8-14-23)27(25(26)17-16-21-10-5-3-6-11-21)30(34)38-20-22-12-9-15-24(18-22)32(35)36/h3-15,18-19,25-26H,2,20H2,1H3. The molecule has 1 heterocycles. The monoisotopic (exact) mass is 508 g/mol. The highest BCUT2D eigenvalue weighted by molar-refractivity contribution is 6.05. The molecular formula is C30H24N2O6. The van der Waals surface area contributed by atoms with Gasteiger partial charge in [0.1, 0.15) is 12.5 Å². The molecule has 1 aliphatic heterocycles. The van der Waals surface area contributed by atoms with E-state index < -0.39 is 28.7 Å². The van der Waals surface area contributed by atoms with E-state index in [1.165, 1.54) is 24.4 Å². The lowest BCUT2D eigenvalue weighted by Gasteiger charge is -2.26. The minimum Gasteiger partial charge on any atom is -0.465 e. The number of nitro benzene ring substituents is 1. The van der Waals surface area contributed by atoms with Gasteiger partial charge in [-0.1, -0.05) is 72.5 Å². The van der Waals surface area contributed by atoms with Crippen LogP contribution in [0.4, 0.5) is 5.69 Å². The Morgan fingerprint density at radius 2 is 1.68 bits per heavy atom. The number of aliphatic imine (C=N–C) groups is 1. The third kappa shape index (κ3) is 6.20. The first-order valence-electron chi connectivity index (χ1n) is 12.0. The molecule has 2 unspecified atom stereocenters. The number of carbonyl (C=O) groups excluding carboxylic acids is 2. The molecule has 0 fully saturated rings. The Kier molecular flexibility index (Phi) is 8.42. The molecule has 190 valence electrons. The van der Waals surface area contributed by atoms with Crippen molar-refractivity contribution in [3.63, 3.8) is 0 Å². The summed E-state index contributed by atoms with van der Waals surface area (Å²) in [6.07, 6.45) is 1.46. The summed E-state index contributed by atoms with van der Waals surface area (Å²) in [5, 5.41) is 11.1. The zero-order valence-electron chi connectivity index (χ0n) is 20.6. The molecule has 3 aromatic rings. The summed E-state index contributed by atoms with van der Waals surface area (Å²) in [5.41, 5.74) is 2.15. The highest BCUT2D eigenvalue weighted by Crippen LogP contribution is 2.35. The molecule has 0 saturated carbocycles. The second-order valence-electron chi connectivity index (χ2n) is 8.30. The molecule has 0 bridgehead atoms. The van der Waals surface area contributed by atoms with Crippen LogP contribution < -0.4 is 0 Å². The van der Waals surface area contributed by atoms with E-state index in [1.54, 1.807) is 25.1 Å². The first kappa shape index (κ1) is 26.0. The molecular weight excluding hydrogens is 484 g/mol. The molecule has 0 radical (unpaired) electrons. The fourth-order valence-corrected chi connectivity index (χ4v) is 3.95. The van der Waals surface area contributed by atoms with Gasteiger partial charge < -0.3 is 9.47 Å². The number of ether oxygens (including phenoxy) is 2. The van der Waals surface area contributed by atoms with Gasteiger partial charge in [0.05, 0.1) is 28.7 Å². The number of hydrogen-bond acceptors (Lipinski definition) is 7. The second kappa shape index (κ2) is 12.3. The van der Waals surface area contributed by atoms with Gasteiger partial charge in [0, 0.05) is 29.5 Å². The van der Waals surface area contributed by atoms with Crippen molar-refractivity contribution in [2.45, 2.75) is 13.5 Å². The summed E-state index contributed by atoms with van der Waals surface area (Å²) < 4.78 is 10.9. The number of non-ortho nitro benzene ring substituents is 1. The first-order chi connectivity index (χ1) is 18.5. The lowest BCUT2D eigenvalue weighted by molar-refractivity contribution is -0.384. The number of hydrogen-bond donors (Lipinski definition) is 0. The summed E-state index contributed by atoms with van der Waals surface area (Å²) in [4.78, 5) is 41.6. The van der Waals surface area contributed by atoms with Crippen LogP contribution in [0.1, 0.15) is 23.6 Å². The first-order valence-corrected chi connectivity index (χ1v) is 12.0. The van der Waals surface area contributed by atoms with E-state index in [1.807, 2.05) is 48.5 Å². The lowest BCUT2D eigenvalue weighted by Crippen LogP contribution is -2.33. The van der Waals surface area contributed by atoms with Gasteiger partial charge in [-0.2, -0.15) is 0 Å². The quantitative estimate of drug-likeness (QED) is 0.193. The highest BCUT2D eigenvalue weighted by atomic mass is 16.6. The minimum absolute atomic E-state index is 0.112. The predicted octanol–water partition coefficient (Wildman–Crippen LogP) is 4.98. The Bertz CT molecular complexity index is 1450. The fraction of sp³-hybridized carbons (Fsp3) is 0.167. The highest BCUT2D eigenvalue weighted by Gasteiger charge is 2.39. The van der Waals surface area contributed by atoms with Gasteiger partial charge in [-0.3, -0.25) is 19.9 Å². The molecule has 0 aromatic heterocycles. The van der Waals surface area contributed by atoms with Crippen molar-refractivity contribution in [2.75, 3.05) is 6.61 Å². The molecule has 0 N–H and O–H groups in total. The van der Waals surface area contributed by atoms with Gasteiger partial charge in [0.15, 0.2) is 0 Å². The van der Waals surface area contributed by atoms with E-state index in [0.29, 0.717) is 22.4 Å². The van der Waals surface area contributed by atoms with E-state index in [0.717, 1.165) is 0 Å². The number of rotatable bonds is 7. The molecule has 2 atom stereocenters. The Labute approximate surface area is 219 Å². The van der Waals surface area contributed by atoms with Crippen LogP contribution in [0.2, 0.25) is 0 Å². The number of benzene rings is 3. The summed E-state index contributed by atoms with van der Waals surface area (Å²) in [7, 11) is 0. The Morgan fingerprint density at radius 3 is 2.37 bits per heavy atom. The molecule has 8 heteroatoms. The topological polar surface area (TPSA) is 108 Å². The second-order valence-corrected chi connectivity index (χ2v) is 8.30. The van der Waals surface area contributed by atoms with Gasteiger partial charge >= 0.3 is 11.9 Å². The van der Waals surface area contributed by atoms with Crippen molar-refractivity contribution in [3.8, 4) is 11.8 Å². The average molecular weight is 509 g/mol. The Balaban J connectivity index is 1.76. The Hall–Kier alpha value is -5.03. The van der Waals surface area contributed by atoms with Crippen molar-refractivity contribution in [3.05, 3.63) is 117 Å². The number of nitro groups is 1. The van der Waals surface area contributed by atoms with Crippen molar-refractivity contribution in [2.24, 2.45) is 16.8 Å². The molecule has 0 amide bonds. The summed E-state index contributed by atoms with van der Waals surface area (Å²) in [6.45, 7) is 1.64. The van der Waals surface area contributed by atoms with E-state index in [4.69, 9.17) is 9.47 Å². The third-order valence-electron chi connectivity index (χ3n) is 5.75. The molecule has 38 heavy (non-hydrogen) atoms. The fourth-order valence-electron chi connectivity index (χ4n) is 3.95. The lowest BCUT2D eigenvalue weighted by atomic mass is 9.82. The van der Waals surface area contributed by atoms with Gasteiger partial charge in [-0.05, 0) is 24.6 Å². The van der Waals surface area contributed by atoms with E-state index >= 15 is 0 Å². The van der Waals surface area contributed by atoms with Crippen LogP contribution in [0.15, 0.2) is 95.5 Å². The summed E-state index contributed by atoms with van der Waals surface area (Å²) >= 11 is 0. The number of carbonyl (C=O) groups is 2. The van der Waals surface area contributed by atoms with Crippen LogP contribution in [-0.2, 0) is 25.7 Å². The number of esters is 2. The van der Waals surface area contributed by atoms with E-state index in [-0.39, 0.29) is 24.5 Å². The zero-order valence-corrected chi connectivity index (χ0v) is 20.6. The molecule has 8 nitrogen and oxygen atoms in total. The van der Waals surface area contributed by atoms with Crippen molar-refractivity contribution in [1.82, 2.24) is 0 Å². The van der Waals surface area contributed by atoms with Crippen LogP contribution in [-0.4, -0.2) is 29.7 Å². The van der Waals surface area contributed by atoms with E-state index in [2.05, 4.69) is 16.8 Å². The van der Waals surface area contributed by atoms with Crippen molar-refractivity contribution < 1.29 is 24.0 Å². The van der Waals surface area contributed by atoms with E-state index in [9.17, 15) is 19.7 Å². The van der Waals surface area contributed by atoms with Crippen LogP contribution in [0, 0.1) is 33.8 Å². The summed E-state index contributed by atoms with van der Waals surface area (Å²) in [5.74, 6) is 3.03. The van der Waals surface area contributed by atoms with Gasteiger partial charge in [-0.25, -0.2) is 4.79 Å². The molecule has 3 aromatic carbocycles. The number of nitrogens with zero attached hydrogens (tertiary/aromatic N) is 2. The average Bonchev–Trinajstić information content (AvgIpc) is 2.95. The molecule has 4 rings (SSSR count). The normalized spacial score (nSPS) is 16.2. The van der Waals surface area contributed by atoms with Gasteiger partial charge in [0.2, 0.25) is 0 Å². The molecule has 0 saturated heterocycles. The zero-order chi connectivity index (χ0) is 26.9. The maximum Gasteiger partial charge on any atom is 0.337 e. The van der Waals surface area contributed by atoms with Crippen LogP contribution in [0.5, 0.6) is 0 Å². The SMILES string of the molecule is CCOC(=O)C1C=NC(c2ccccc2)=C(C(=O)OCc2cccc([N+](=O)[O-])c2)C1C#Cc1ccccc1. The molecule has 1 aliphatic rings. The maximum atomic E-state index is 13.6. The smallest absolute Gasteiger partial charge is 0.337 e. The van der Waals surface area contributed by atoms with Crippen LogP contribution in [0.25, 0.3) is 5.70 Å². The molecule has 0 spiro atoms. The van der Waals surface area contributed by atoms with Crippen molar-refractivity contribution in [1.29, 1.82) is 0 Å². The summed E-state index contributed by atoms with van der Waals surface area (Å²) in [6, 6.07) is 24.1. The van der Waals surface area contributed by atoms with Gasteiger partial charge in [-0.15, -0.1) is 0 Å². The maximum absolute atomic E-state index is 13.6. The third-order valence-corrected chi connectivity index (χ3v) is 5.75. The minimum atomic E-state index is -0.931. The van der Waals surface area contributed by atoms with Gasteiger partial charge in [0.25, 0.3) is 5.69 Å².